The van der Waals surface area contributed by atoms with Crippen molar-refractivity contribution < 1.29 is 0 Å². The standard InChI is InChI=1S/C18H20IN/c19-17-11-4-3-10-16(17)18(20)12-14-8-5-7-13-6-1-2-9-15(13)14/h1-4,6,9-11,14,18H,5,7-8,12,20H2. The molecule has 0 aromatic heterocycles. The first-order valence-corrected chi connectivity index (χ1v) is 8.41. The number of benzene rings is 2. The molecule has 1 aliphatic carbocycles. The van der Waals surface area contributed by atoms with Gasteiger partial charge in [0.15, 0.2) is 0 Å². The van der Waals surface area contributed by atoms with Crippen LogP contribution in [0.1, 0.15) is 47.9 Å². The minimum atomic E-state index is 0.138. The molecule has 0 aliphatic heterocycles. The molecule has 0 amide bonds. The summed E-state index contributed by atoms with van der Waals surface area (Å²) in [5.41, 5.74) is 10.8. The maximum absolute atomic E-state index is 6.48. The second-order valence-corrected chi connectivity index (χ2v) is 6.81. The Bertz CT molecular complexity index is 593. The second-order valence-electron chi connectivity index (χ2n) is 5.65. The highest BCUT2D eigenvalue weighted by Gasteiger charge is 2.23. The molecule has 2 atom stereocenters. The second kappa shape index (κ2) is 6.27. The predicted molar refractivity (Wildman–Crippen MR) is 92.8 cm³/mol. The van der Waals surface area contributed by atoms with Gasteiger partial charge in [-0.15, -0.1) is 0 Å². The number of hydrogen-bond donors (Lipinski definition) is 1. The van der Waals surface area contributed by atoms with E-state index in [1.165, 1.54) is 39.5 Å². The third-order valence-electron chi connectivity index (χ3n) is 4.34. The molecule has 0 saturated heterocycles. The van der Waals surface area contributed by atoms with Crippen LogP contribution in [0.5, 0.6) is 0 Å². The first-order chi connectivity index (χ1) is 9.75. The van der Waals surface area contributed by atoms with Crippen molar-refractivity contribution in [2.45, 2.75) is 37.6 Å². The Morgan fingerprint density at radius 3 is 2.70 bits per heavy atom. The number of aryl methyl sites for hydroxylation is 1. The van der Waals surface area contributed by atoms with Crippen LogP contribution in [0.15, 0.2) is 48.5 Å². The largest absolute Gasteiger partial charge is 0.324 e. The summed E-state index contributed by atoms with van der Waals surface area (Å²) in [6.07, 6.45) is 4.84. The molecule has 0 bridgehead atoms. The molecule has 2 N–H and O–H groups in total. The van der Waals surface area contributed by atoms with Gasteiger partial charge in [-0.3, -0.25) is 0 Å². The van der Waals surface area contributed by atoms with Crippen molar-refractivity contribution in [3.8, 4) is 0 Å². The van der Waals surface area contributed by atoms with Crippen LogP contribution in [0.2, 0.25) is 0 Å². The molecule has 0 fully saturated rings. The van der Waals surface area contributed by atoms with E-state index >= 15 is 0 Å². The van der Waals surface area contributed by atoms with E-state index in [-0.39, 0.29) is 6.04 Å². The lowest BCUT2D eigenvalue weighted by Crippen LogP contribution is -2.18. The highest BCUT2D eigenvalue weighted by molar-refractivity contribution is 14.1. The summed E-state index contributed by atoms with van der Waals surface area (Å²) in [6, 6.07) is 17.5. The Hall–Kier alpha value is -0.870. The van der Waals surface area contributed by atoms with E-state index in [1.54, 1.807) is 0 Å². The molecule has 1 aliphatic rings. The molecule has 2 aromatic carbocycles. The molecule has 0 spiro atoms. The smallest absolute Gasteiger partial charge is 0.0311 e. The summed E-state index contributed by atoms with van der Waals surface area (Å²) in [7, 11) is 0. The van der Waals surface area contributed by atoms with Crippen LogP contribution in [0.4, 0.5) is 0 Å². The summed E-state index contributed by atoms with van der Waals surface area (Å²) in [6.45, 7) is 0. The van der Waals surface area contributed by atoms with Crippen molar-refractivity contribution in [3.63, 3.8) is 0 Å². The predicted octanol–water partition coefficient (Wildman–Crippen LogP) is 4.80. The van der Waals surface area contributed by atoms with Gasteiger partial charge < -0.3 is 5.73 Å². The van der Waals surface area contributed by atoms with Crippen LogP contribution in [-0.2, 0) is 6.42 Å². The number of fused-ring (bicyclic) bond motifs is 1. The Morgan fingerprint density at radius 2 is 1.85 bits per heavy atom. The van der Waals surface area contributed by atoms with Gasteiger partial charge in [-0.25, -0.2) is 0 Å². The molecule has 104 valence electrons. The van der Waals surface area contributed by atoms with Crippen LogP contribution >= 0.6 is 22.6 Å². The van der Waals surface area contributed by atoms with Crippen molar-refractivity contribution in [2.24, 2.45) is 5.73 Å². The van der Waals surface area contributed by atoms with E-state index in [0.29, 0.717) is 5.92 Å². The van der Waals surface area contributed by atoms with Gasteiger partial charge in [0.25, 0.3) is 0 Å². The van der Waals surface area contributed by atoms with E-state index < -0.39 is 0 Å². The number of rotatable bonds is 3. The van der Waals surface area contributed by atoms with Crippen molar-refractivity contribution in [2.75, 3.05) is 0 Å². The van der Waals surface area contributed by atoms with Crippen molar-refractivity contribution in [3.05, 3.63) is 68.8 Å². The van der Waals surface area contributed by atoms with Crippen LogP contribution in [0, 0.1) is 3.57 Å². The first-order valence-electron chi connectivity index (χ1n) is 7.33. The van der Waals surface area contributed by atoms with Crippen molar-refractivity contribution in [1.29, 1.82) is 0 Å². The van der Waals surface area contributed by atoms with Crippen LogP contribution in [0.3, 0.4) is 0 Å². The summed E-state index contributed by atoms with van der Waals surface area (Å²) in [5.74, 6) is 0.617. The zero-order chi connectivity index (χ0) is 13.9. The molecule has 0 saturated carbocycles. The topological polar surface area (TPSA) is 26.0 Å². The van der Waals surface area contributed by atoms with Gasteiger partial charge in [-0.05, 0) is 76.9 Å². The van der Waals surface area contributed by atoms with Gasteiger partial charge in [0.1, 0.15) is 0 Å². The number of nitrogens with two attached hydrogens (primary N) is 1. The lowest BCUT2D eigenvalue weighted by Gasteiger charge is -2.28. The quantitative estimate of drug-likeness (QED) is 0.764. The van der Waals surface area contributed by atoms with Crippen LogP contribution in [-0.4, -0.2) is 0 Å². The molecule has 0 radical (unpaired) electrons. The van der Waals surface area contributed by atoms with Crippen molar-refractivity contribution >= 4 is 22.6 Å². The average molecular weight is 377 g/mol. The molecule has 2 aromatic rings. The van der Waals surface area contributed by atoms with Crippen LogP contribution < -0.4 is 5.73 Å². The fraction of sp³-hybridized carbons (Fsp3) is 0.333. The Morgan fingerprint density at radius 1 is 1.10 bits per heavy atom. The zero-order valence-electron chi connectivity index (χ0n) is 11.6. The van der Waals surface area contributed by atoms with Crippen molar-refractivity contribution in [1.82, 2.24) is 0 Å². The monoisotopic (exact) mass is 377 g/mol. The molecule has 3 rings (SSSR count). The maximum Gasteiger partial charge on any atom is 0.0311 e. The fourth-order valence-electron chi connectivity index (χ4n) is 3.31. The van der Waals surface area contributed by atoms with E-state index in [4.69, 9.17) is 5.73 Å². The lowest BCUT2D eigenvalue weighted by molar-refractivity contribution is 0.475. The van der Waals surface area contributed by atoms with E-state index in [9.17, 15) is 0 Å². The zero-order valence-corrected chi connectivity index (χ0v) is 13.7. The SMILES string of the molecule is NC(CC1CCCc2ccccc21)c1ccccc1I. The number of hydrogen-bond acceptors (Lipinski definition) is 1. The Balaban J connectivity index is 1.81. The lowest BCUT2D eigenvalue weighted by atomic mass is 9.79. The molecule has 2 unspecified atom stereocenters. The highest BCUT2D eigenvalue weighted by Crippen LogP contribution is 2.37. The molecule has 0 heterocycles. The van der Waals surface area contributed by atoms with Crippen LogP contribution in [0.25, 0.3) is 0 Å². The molecule has 20 heavy (non-hydrogen) atoms. The molecular weight excluding hydrogens is 357 g/mol. The highest BCUT2D eigenvalue weighted by atomic mass is 127. The summed E-state index contributed by atoms with van der Waals surface area (Å²) < 4.78 is 1.28. The first kappa shape index (κ1) is 14.1. The minimum Gasteiger partial charge on any atom is -0.324 e. The maximum atomic E-state index is 6.48. The normalized spacial score (nSPS) is 19.4. The van der Waals surface area contributed by atoms with Gasteiger partial charge >= 0.3 is 0 Å². The Kier molecular flexibility index (Phi) is 4.41. The number of halogens is 1. The minimum absolute atomic E-state index is 0.138. The van der Waals surface area contributed by atoms with E-state index in [1.807, 2.05) is 0 Å². The van der Waals surface area contributed by atoms with Gasteiger partial charge in [0, 0.05) is 9.61 Å². The third-order valence-corrected chi connectivity index (χ3v) is 5.32. The van der Waals surface area contributed by atoms with Gasteiger partial charge in [-0.2, -0.15) is 0 Å². The van der Waals surface area contributed by atoms with Gasteiger partial charge in [0.05, 0.1) is 0 Å². The molecular formula is C18H20IN. The fourth-order valence-corrected chi connectivity index (χ4v) is 4.10. The van der Waals surface area contributed by atoms with E-state index in [2.05, 4.69) is 71.1 Å². The van der Waals surface area contributed by atoms with Gasteiger partial charge in [-0.1, -0.05) is 42.5 Å². The molecule has 1 nitrogen and oxygen atoms in total. The molecule has 2 heteroatoms. The average Bonchev–Trinajstić information content (AvgIpc) is 2.48. The van der Waals surface area contributed by atoms with Gasteiger partial charge in [0.2, 0.25) is 0 Å². The summed E-state index contributed by atoms with van der Waals surface area (Å²) in [5, 5.41) is 0. The summed E-state index contributed by atoms with van der Waals surface area (Å²) >= 11 is 2.39. The van der Waals surface area contributed by atoms with E-state index in [0.717, 1.165) is 6.42 Å². The summed E-state index contributed by atoms with van der Waals surface area (Å²) in [4.78, 5) is 0. The Labute approximate surface area is 134 Å². The third kappa shape index (κ3) is 2.91.